The Bertz CT molecular complexity index is 1280. The Morgan fingerprint density at radius 1 is 0.810 bits per heavy atom. The van der Waals surface area contributed by atoms with Crippen LogP contribution in [-0.4, -0.2) is 36.1 Å². The van der Waals surface area contributed by atoms with E-state index in [9.17, 15) is 9.59 Å². The van der Waals surface area contributed by atoms with E-state index in [1.165, 1.54) is 46.7 Å². The van der Waals surface area contributed by atoms with Gasteiger partial charge in [0.15, 0.2) is 0 Å². The van der Waals surface area contributed by atoms with E-state index in [-0.39, 0.29) is 17.9 Å². The zero-order chi connectivity index (χ0) is 30.5. The number of hydrogen-bond donors (Lipinski definition) is 1. The van der Waals surface area contributed by atoms with Crippen LogP contribution >= 0.6 is 0 Å². The molecule has 0 bridgehead atoms. The first-order valence-corrected chi connectivity index (χ1v) is 15.9. The monoisotopic (exact) mass is 572 g/mol. The third-order valence-corrected chi connectivity index (χ3v) is 7.76. The Kier molecular flexibility index (Phi) is 12.9. The molecule has 0 fully saturated rings. The number of carbonyl (C=O) groups is 2. The van der Waals surface area contributed by atoms with Crippen molar-refractivity contribution in [3.8, 4) is 0 Å². The van der Waals surface area contributed by atoms with E-state index in [0.717, 1.165) is 44.2 Å². The Morgan fingerprint density at radius 2 is 1.43 bits per heavy atom. The number of anilines is 1. The summed E-state index contributed by atoms with van der Waals surface area (Å²) in [7, 11) is 1.80. The Hall–Kier alpha value is -3.34. The van der Waals surface area contributed by atoms with E-state index in [4.69, 9.17) is 4.74 Å². The van der Waals surface area contributed by atoms with E-state index < -0.39 is 5.60 Å². The molecule has 3 aromatic rings. The van der Waals surface area contributed by atoms with Crippen LogP contribution in [0.4, 0.5) is 10.5 Å². The van der Waals surface area contributed by atoms with E-state index in [2.05, 4.69) is 60.8 Å². The second kappa shape index (κ2) is 16.3. The maximum atomic E-state index is 13.1. The van der Waals surface area contributed by atoms with E-state index in [0.29, 0.717) is 13.0 Å². The lowest BCUT2D eigenvalue weighted by Crippen LogP contribution is -2.34. The third-order valence-electron chi connectivity index (χ3n) is 7.76. The van der Waals surface area contributed by atoms with Crippen LogP contribution in [0.5, 0.6) is 0 Å². The van der Waals surface area contributed by atoms with Crippen molar-refractivity contribution < 1.29 is 14.3 Å². The summed E-state index contributed by atoms with van der Waals surface area (Å²) in [5, 5.41) is 5.71. The number of unbranched alkanes of at least 4 members (excludes halogenated alkanes) is 5. The summed E-state index contributed by atoms with van der Waals surface area (Å²) in [6.45, 7) is 10.6. The van der Waals surface area contributed by atoms with Gasteiger partial charge in [0, 0.05) is 25.2 Å². The number of nitrogens with one attached hydrogen (secondary N) is 1. The normalized spacial score (nSPS) is 12.2. The van der Waals surface area contributed by atoms with E-state index in [1.807, 2.05) is 39.8 Å². The topological polar surface area (TPSA) is 58.6 Å². The number of fused-ring (bicyclic) bond motifs is 1. The lowest BCUT2D eigenvalue weighted by Gasteiger charge is -2.24. The number of amides is 2. The van der Waals surface area contributed by atoms with Crippen LogP contribution in [0.3, 0.4) is 0 Å². The van der Waals surface area contributed by atoms with Crippen molar-refractivity contribution in [3.63, 3.8) is 0 Å². The average molecular weight is 573 g/mol. The van der Waals surface area contributed by atoms with Crippen LogP contribution in [0, 0.1) is 5.92 Å². The predicted octanol–water partition coefficient (Wildman–Crippen LogP) is 9.36. The molecule has 0 aliphatic heterocycles. The molecule has 0 saturated carbocycles. The highest BCUT2D eigenvalue weighted by atomic mass is 16.6. The number of ether oxygens (including phenoxy) is 1. The maximum absolute atomic E-state index is 13.1. The number of benzene rings is 3. The summed E-state index contributed by atoms with van der Waals surface area (Å²) in [5.74, 6) is -0.0800. The van der Waals surface area contributed by atoms with Crippen LogP contribution in [0.1, 0.15) is 96.3 Å². The van der Waals surface area contributed by atoms with Crippen molar-refractivity contribution >= 4 is 28.5 Å². The molecule has 1 atom stereocenters. The van der Waals surface area contributed by atoms with Gasteiger partial charge >= 0.3 is 6.09 Å². The minimum absolute atomic E-state index is 0.0511. The zero-order valence-corrected chi connectivity index (χ0v) is 26.8. The summed E-state index contributed by atoms with van der Waals surface area (Å²) >= 11 is 0. The van der Waals surface area contributed by atoms with Gasteiger partial charge < -0.3 is 15.0 Å². The first-order valence-electron chi connectivity index (χ1n) is 15.9. The molecule has 5 nitrogen and oxygen atoms in total. The molecular formula is C37H52N2O3. The van der Waals surface area contributed by atoms with Gasteiger partial charge in [0.1, 0.15) is 5.60 Å². The molecule has 0 saturated heterocycles. The predicted molar refractivity (Wildman–Crippen MR) is 176 cm³/mol. The van der Waals surface area contributed by atoms with Crippen LogP contribution in [0.15, 0.2) is 60.7 Å². The molecule has 1 N–H and O–H groups in total. The molecule has 0 aromatic heterocycles. The van der Waals surface area contributed by atoms with Gasteiger partial charge in [-0.2, -0.15) is 0 Å². The van der Waals surface area contributed by atoms with E-state index in [1.54, 1.807) is 11.9 Å². The third kappa shape index (κ3) is 10.8. The van der Waals surface area contributed by atoms with Crippen molar-refractivity contribution in [2.45, 2.75) is 104 Å². The second-order valence-electron chi connectivity index (χ2n) is 12.7. The number of hydrogen-bond acceptors (Lipinski definition) is 3. The first-order chi connectivity index (χ1) is 20.1. The summed E-state index contributed by atoms with van der Waals surface area (Å²) in [5.41, 5.74) is 4.30. The van der Waals surface area contributed by atoms with Gasteiger partial charge in [-0.3, -0.25) is 4.79 Å². The molecule has 0 unspecified atom stereocenters. The summed E-state index contributed by atoms with van der Waals surface area (Å²) < 4.78 is 5.40. The zero-order valence-electron chi connectivity index (χ0n) is 26.8. The largest absolute Gasteiger partial charge is 0.444 e. The van der Waals surface area contributed by atoms with Crippen LogP contribution < -0.4 is 5.32 Å². The molecule has 42 heavy (non-hydrogen) atoms. The van der Waals surface area contributed by atoms with Crippen LogP contribution in [-0.2, 0) is 28.8 Å². The number of aryl methyl sites for hydroxylation is 2. The number of nitrogens with zero attached hydrogens (tertiary/aromatic N) is 1. The molecule has 0 aliphatic rings. The summed E-state index contributed by atoms with van der Waals surface area (Å²) in [6.07, 6.45) is 10.5. The summed E-state index contributed by atoms with van der Waals surface area (Å²) in [6, 6.07) is 21.4. The van der Waals surface area contributed by atoms with Crippen molar-refractivity contribution in [1.29, 1.82) is 0 Å². The Labute approximate surface area is 254 Å². The van der Waals surface area contributed by atoms with Crippen molar-refractivity contribution in [1.82, 2.24) is 4.90 Å². The molecule has 228 valence electrons. The fourth-order valence-electron chi connectivity index (χ4n) is 5.29. The Morgan fingerprint density at radius 3 is 2.10 bits per heavy atom. The molecule has 0 spiro atoms. The van der Waals surface area contributed by atoms with Gasteiger partial charge in [-0.25, -0.2) is 4.79 Å². The quantitative estimate of drug-likeness (QED) is 0.185. The Balaban J connectivity index is 1.42. The minimum atomic E-state index is -0.461. The lowest BCUT2D eigenvalue weighted by atomic mass is 9.91. The highest BCUT2D eigenvalue weighted by Crippen LogP contribution is 2.27. The lowest BCUT2D eigenvalue weighted by molar-refractivity contribution is -0.119. The van der Waals surface area contributed by atoms with Crippen LogP contribution in [0.25, 0.3) is 10.8 Å². The molecule has 3 rings (SSSR count). The average Bonchev–Trinajstić information content (AvgIpc) is 2.95. The maximum Gasteiger partial charge on any atom is 0.410 e. The van der Waals surface area contributed by atoms with Crippen molar-refractivity contribution in [2.75, 3.05) is 18.9 Å². The minimum Gasteiger partial charge on any atom is -0.444 e. The second-order valence-corrected chi connectivity index (χ2v) is 12.7. The highest BCUT2D eigenvalue weighted by Gasteiger charge is 2.19. The van der Waals surface area contributed by atoms with Crippen molar-refractivity contribution in [3.05, 3.63) is 77.4 Å². The van der Waals surface area contributed by atoms with E-state index >= 15 is 0 Å². The fourth-order valence-corrected chi connectivity index (χ4v) is 5.29. The summed E-state index contributed by atoms with van der Waals surface area (Å²) in [4.78, 5) is 26.8. The van der Waals surface area contributed by atoms with Gasteiger partial charge in [-0.15, -0.1) is 0 Å². The van der Waals surface area contributed by atoms with Crippen LogP contribution in [0.2, 0.25) is 0 Å². The van der Waals surface area contributed by atoms with Gasteiger partial charge in [0.05, 0.1) is 0 Å². The first kappa shape index (κ1) is 33.2. The smallest absolute Gasteiger partial charge is 0.410 e. The van der Waals surface area contributed by atoms with Gasteiger partial charge in [0.2, 0.25) is 5.91 Å². The molecular weight excluding hydrogens is 520 g/mol. The van der Waals surface area contributed by atoms with Gasteiger partial charge in [-0.1, -0.05) is 88.1 Å². The molecule has 0 aliphatic carbocycles. The standard InChI is InChI=1S/C37H52N2O3/c1-7-8-11-17-30-22-23-31(34-19-14-13-18-33(30)34)27-28(2)35(40)38-32-24-20-29(21-25-32)16-12-9-10-15-26-39(6)36(41)42-37(3,4)5/h13-14,18-25,28H,7-12,15-17,26-27H2,1-6H3,(H,38,40)/t28-/m0/s1. The number of carbonyl (C=O) groups excluding carboxylic acids is 2. The molecule has 5 heteroatoms. The molecule has 0 radical (unpaired) electrons. The fraction of sp³-hybridized carbons (Fsp3) is 0.514. The van der Waals surface area contributed by atoms with Crippen molar-refractivity contribution in [2.24, 2.45) is 5.92 Å². The van der Waals surface area contributed by atoms with Gasteiger partial charge in [0.25, 0.3) is 0 Å². The highest BCUT2D eigenvalue weighted by molar-refractivity contribution is 5.94. The SMILES string of the molecule is CCCCCc1ccc(C[C@H](C)C(=O)Nc2ccc(CCCCCCN(C)C(=O)OC(C)(C)C)cc2)c2ccccc12. The molecule has 2 amide bonds. The van der Waals surface area contributed by atoms with Gasteiger partial charge in [-0.05, 0) is 98.9 Å². The molecule has 0 heterocycles. The number of rotatable bonds is 15. The molecule has 3 aromatic carbocycles.